The number of hydrogen-bond acceptors (Lipinski definition) is 5. The molecule has 0 bridgehead atoms. The van der Waals surface area contributed by atoms with Crippen LogP contribution in [0.4, 0.5) is 0 Å². The molecule has 0 radical (unpaired) electrons. The van der Waals surface area contributed by atoms with Gasteiger partial charge in [0, 0.05) is 27.9 Å². The Bertz CT molecular complexity index is 1720. The van der Waals surface area contributed by atoms with Gasteiger partial charge in [0.2, 0.25) is 5.78 Å². The second kappa shape index (κ2) is 7.71. The Morgan fingerprint density at radius 1 is 0.853 bits per heavy atom. The summed E-state index contributed by atoms with van der Waals surface area (Å²) in [7, 11) is 1.56. The number of pyridine rings is 2. The number of aromatic nitrogens is 3. The Hall–Kier alpha value is -4.71. The monoisotopic (exact) mass is 445 g/mol. The lowest BCUT2D eigenvalue weighted by Crippen LogP contribution is -2.05. The van der Waals surface area contributed by atoms with Crippen LogP contribution in [0.15, 0.2) is 91.1 Å². The molecule has 0 aliphatic rings. The Kier molecular flexibility index (Phi) is 4.52. The molecule has 0 fully saturated rings. The molecule has 3 heterocycles. The lowest BCUT2D eigenvalue weighted by atomic mass is 10.0. The summed E-state index contributed by atoms with van der Waals surface area (Å²) in [5, 5.41) is 13.1. The molecule has 0 saturated carbocycles. The maximum absolute atomic E-state index is 13.5. The molecule has 6 nitrogen and oxygen atoms in total. The van der Waals surface area contributed by atoms with Crippen molar-refractivity contribution in [3.05, 3.63) is 102 Å². The summed E-state index contributed by atoms with van der Waals surface area (Å²) in [6, 6.07) is 26.1. The van der Waals surface area contributed by atoms with Crippen molar-refractivity contribution in [3.63, 3.8) is 0 Å². The molecule has 0 saturated heterocycles. The molecule has 6 rings (SSSR count). The van der Waals surface area contributed by atoms with Crippen molar-refractivity contribution >= 4 is 38.5 Å². The number of ether oxygens (including phenoxy) is 1. The van der Waals surface area contributed by atoms with Crippen molar-refractivity contribution in [3.8, 4) is 17.3 Å². The van der Waals surface area contributed by atoms with Crippen molar-refractivity contribution in [2.24, 2.45) is 0 Å². The normalized spacial score (nSPS) is 11.3. The fourth-order valence-corrected chi connectivity index (χ4v) is 4.47. The number of methoxy groups -OCH3 is 1. The van der Waals surface area contributed by atoms with Crippen LogP contribution in [0.25, 0.3) is 38.5 Å². The molecule has 0 amide bonds. The number of nitrogens with zero attached hydrogens (tertiary/aromatic N) is 3. The lowest BCUT2D eigenvalue weighted by Gasteiger charge is -2.09. The van der Waals surface area contributed by atoms with Gasteiger partial charge < -0.3 is 9.84 Å². The van der Waals surface area contributed by atoms with Crippen LogP contribution in [0.1, 0.15) is 16.1 Å². The van der Waals surface area contributed by atoms with Crippen molar-refractivity contribution in [2.45, 2.75) is 0 Å². The SMILES string of the molecule is COc1ccc(O)c2nc(C(=O)c3ccc4c5ccccc5n(-c5ccccn5)c4c3)ccc12. The first-order valence-electron chi connectivity index (χ1n) is 10.8. The molecule has 1 N–H and O–H groups in total. The van der Waals surface area contributed by atoms with Gasteiger partial charge in [-0.15, -0.1) is 0 Å². The minimum atomic E-state index is -0.233. The number of fused-ring (bicyclic) bond motifs is 4. The molecule has 0 unspecified atom stereocenters. The van der Waals surface area contributed by atoms with Gasteiger partial charge in [-0.1, -0.05) is 36.4 Å². The number of phenolic OH excluding ortho intramolecular Hbond substituents is 1. The number of benzene rings is 3. The van der Waals surface area contributed by atoms with Crippen molar-refractivity contribution < 1.29 is 14.6 Å². The highest BCUT2D eigenvalue weighted by Crippen LogP contribution is 2.34. The van der Waals surface area contributed by atoms with Crippen LogP contribution >= 0.6 is 0 Å². The van der Waals surface area contributed by atoms with Gasteiger partial charge in [0.25, 0.3) is 0 Å². The second-order valence-electron chi connectivity index (χ2n) is 7.98. The van der Waals surface area contributed by atoms with Crippen molar-refractivity contribution in [1.82, 2.24) is 14.5 Å². The third-order valence-corrected chi connectivity index (χ3v) is 6.06. The van der Waals surface area contributed by atoms with Crippen LogP contribution < -0.4 is 4.74 Å². The van der Waals surface area contributed by atoms with E-state index < -0.39 is 0 Å². The molecule has 164 valence electrons. The van der Waals surface area contributed by atoms with E-state index in [1.165, 1.54) is 6.07 Å². The van der Waals surface area contributed by atoms with Crippen LogP contribution in [0.2, 0.25) is 0 Å². The Morgan fingerprint density at radius 2 is 1.65 bits per heavy atom. The summed E-state index contributed by atoms with van der Waals surface area (Å²) in [6.45, 7) is 0. The standard InChI is InChI=1S/C28H19N3O3/c1-34-25-14-13-24(32)27-20(25)11-12-21(30-27)28(33)17-9-10-19-18-6-2-3-7-22(18)31(23(19)16-17)26-8-4-5-15-29-26/h2-16,32H,1H3. The van der Waals surface area contributed by atoms with Gasteiger partial charge in [0.15, 0.2) is 0 Å². The van der Waals surface area contributed by atoms with Crippen molar-refractivity contribution in [2.75, 3.05) is 7.11 Å². The average Bonchev–Trinajstić information content (AvgIpc) is 3.22. The molecule has 0 spiro atoms. The van der Waals surface area contributed by atoms with Gasteiger partial charge in [0.1, 0.15) is 28.5 Å². The molecule has 3 aromatic carbocycles. The van der Waals surface area contributed by atoms with E-state index in [2.05, 4.69) is 20.6 Å². The van der Waals surface area contributed by atoms with Crippen LogP contribution in [0.3, 0.4) is 0 Å². The van der Waals surface area contributed by atoms with Crippen LogP contribution in [0.5, 0.6) is 11.5 Å². The van der Waals surface area contributed by atoms with Gasteiger partial charge in [-0.05, 0) is 48.5 Å². The zero-order valence-corrected chi connectivity index (χ0v) is 18.3. The number of rotatable bonds is 4. The highest BCUT2D eigenvalue weighted by molar-refractivity contribution is 6.14. The molecule has 0 aliphatic carbocycles. The first-order chi connectivity index (χ1) is 16.7. The second-order valence-corrected chi connectivity index (χ2v) is 7.98. The van der Waals surface area contributed by atoms with Crippen LogP contribution in [-0.4, -0.2) is 32.5 Å². The Balaban J connectivity index is 1.54. The summed E-state index contributed by atoms with van der Waals surface area (Å²) >= 11 is 0. The molecule has 6 aromatic rings. The summed E-state index contributed by atoms with van der Waals surface area (Å²) in [5.41, 5.74) is 2.98. The summed E-state index contributed by atoms with van der Waals surface area (Å²) in [6.07, 6.45) is 1.75. The predicted molar refractivity (Wildman–Crippen MR) is 132 cm³/mol. The average molecular weight is 445 g/mol. The minimum Gasteiger partial charge on any atom is -0.506 e. The number of ketones is 1. The number of carbonyl (C=O) groups is 1. The molecular formula is C28H19N3O3. The molecule has 0 aliphatic heterocycles. The van der Waals surface area contributed by atoms with Gasteiger partial charge in [0.05, 0.1) is 18.1 Å². The summed E-state index contributed by atoms with van der Waals surface area (Å²) < 4.78 is 7.42. The lowest BCUT2D eigenvalue weighted by molar-refractivity contribution is 0.103. The van der Waals surface area contributed by atoms with Crippen LogP contribution in [-0.2, 0) is 0 Å². The quantitative estimate of drug-likeness (QED) is 0.354. The predicted octanol–water partition coefficient (Wildman–Crippen LogP) is 5.67. The van der Waals surface area contributed by atoms with Gasteiger partial charge in [-0.25, -0.2) is 9.97 Å². The molecule has 34 heavy (non-hydrogen) atoms. The minimum absolute atomic E-state index is 0.00354. The van der Waals surface area contributed by atoms with E-state index in [1.807, 2.05) is 54.6 Å². The van der Waals surface area contributed by atoms with E-state index in [-0.39, 0.29) is 17.2 Å². The van der Waals surface area contributed by atoms with Gasteiger partial charge >= 0.3 is 0 Å². The first kappa shape index (κ1) is 19.9. The smallest absolute Gasteiger partial charge is 0.211 e. The molecular weight excluding hydrogens is 426 g/mol. The maximum Gasteiger partial charge on any atom is 0.211 e. The third kappa shape index (κ3) is 3.00. The first-order valence-corrected chi connectivity index (χ1v) is 10.8. The fourth-order valence-electron chi connectivity index (χ4n) is 4.47. The fraction of sp³-hybridized carbons (Fsp3) is 0.0357. The third-order valence-electron chi connectivity index (χ3n) is 6.06. The van der Waals surface area contributed by atoms with E-state index in [0.29, 0.717) is 22.2 Å². The zero-order valence-electron chi connectivity index (χ0n) is 18.3. The van der Waals surface area contributed by atoms with E-state index in [9.17, 15) is 9.90 Å². The Morgan fingerprint density at radius 3 is 2.47 bits per heavy atom. The van der Waals surface area contributed by atoms with Gasteiger partial charge in [-0.3, -0.25) is 9.36 Å². The number of aromatic hydroxyl groups is 1. The maximum atomic E-state index is 13.5. The topological polar surface area (TPSA) is 77.2 Å². The van der Waals surface area contributed by atoms with E-state index >= 15 is 0 Å². The summed E-state index contributed by atoms with van der Waals surface area (Å²) in [4.78, 5) is 22.5. The van der Waals surface area contributed by atoms with Crippen LogP contribution in [0, 0.1) is 0 Å². The number of hydrogen-bond donors (Lipinski definition) is 1. The highest BCUT2D eigenvalue weighted by atomic mass is 16.5. The van der Waals surface area contributed by atoms with E-state index in [4.69, 9.17) is 4.74 Å². The summed E-state index contributed by atoms with van der Waals surface area (Å²) in [5.74, 6) is 1.12. The van der Waals surface area contributed by atoms with Crippen molar-refractivity contribution in [1.29, 1.82) is 0 Å². The number of phenols is 1. The van der Waals surface area contributed by atoms with Gasteiger partial charge in [-0.2, -0.15) is 0 Å². The molecule has 0 atom stereocenters. The van der Waals surface area contributed by atoms with E-state index in [1.54, 1.807) is 31.5 Å². The molecule has 3 aromatic heterocycles. The highest BCUT2D eigenvalue weighted by Gasteiger charge is 2.18. The Labute approximate surface area is 194 Å². The number of carbonyl (C=O) groups excluding carboxylic acids is 1. The molecule has 6 heteroatoms. The number of para-hydroxylation sites is 1. The largest absolute Gasteiger partial charge is 0.506 e. The zero-order chi connectivity index (χ0) is 23.2. The van der Waals surface area contributed by atoms with E-state index in [0.717, 1.165) is 27.6 Å².